The number of aldehydes is 1. The van der Waals surface area contributed by atoms with Crippen LogP contribution in [-0.2, 0) is 9.59 Å². The third kappa shape index (κ3) is 3.85. The zero-order valence-corrected chi connectivity index (χ0v) is 13.7. The molecular weight excluding hydrogens is 324 g/mol. The Balaban J connectivity index is 1.79. The topological polar surface area (TPSA) is 108 Å². The first-order valence-electron chi connectivity index (χ1n) is 8.28. The summed E-state index contributed by atoms with van der Waals surface area (Å²) >= 11 is 0. The lowest BCUT2D eigenvalue weighted by atomic mass is 10.0. The van der Waals surface area contributed by atoms with E-state index in [4.69, 9.17) is 0 Å². The molecule has 132 valence electrons. The predicted octanol–water partition coefficient (Wildman–Crippen LogP) is -0.556. The van der Waals surface area contributed by atoms with Crippen LogP contribution in [0.4, 0.5) is 5.69 Å². The number of hydrogen-bond donors (Lipinski definition) is 3. The van der Waals surface area contributed by atoms with Gasteiger partial charge in [-0.3, -0.25) is 24.5 Å². The first-order valence-corrected chi connectivity index (χ1v) is 8.28. The number of hydrogen-bond acceptors (Lipinski definition) is 6. The molecule has 3 N–H and O–H groups in total. The van der Waals surface area contributed by atoms with Gasteiger partial charge in [-0.05, 0) is 24.6 Å². The van der Waals surface area contributed by atoms with Gasteiger partial charge in [0.15, 0.2) is 6.29 Å². The maximum atomic E-state index is 12.6. The largest absolute Gasteiger partial charge is 0.369 e. The number of piperazine rings is 1. The number of anilines is 1. The molecule has 0 radical (unpaired) electrons. The van der Waals surface area contributed by atoms with Crippen molar-refractivity contribution in [1.82, 2.24) is 16.0 Å². The van der Waals surface area contributed by atoms with Crippen molar-refractivity contribution in [2.45, 2.75) is 18.9 Å². The second kappa shape index (κ2) is 7.43. The molecule has 1 aromatic rings. The number of piperidine rings is 1. The molecule has 8 nitrogen and oxygen atoms in total. The Labute approximate surface area is 144 Å². The number of imide groups is 1. The van der Waals surface area contributed by atoms with Crippen LogP contribution in [0.2, 0.25) is 0 Å². The summed E-state index contributed by atoms with van der Waals surface area (Å²) < 4.78 is 0. The zero-order valence-electron chi connectivity index (χ0n) is 13.7. The van der Waals surface area contributed by atoms with Crippen molar-refractivity contribution in [1.29, 1.82) is 0 Å². The molecule has 2 aliphatic heterocycles. The molecule has 1 aromatic carbocycles. The summed E-state index contributed by atoms with van der Waals surface area (Å²) in [5.41, 5.74) is 1.36. The standard InChI is InChI=1S/C17H20N4O4/c22-10-11-1-2-12(21-7-5-18-6-8-21)9-13(11)16(24)19-14-3-4-15(23)20-17(14)25/h1-2,9-10,14,18H,3-8H2,(H,19,24)(H,20,23,25). The molecule has 1 atom stereocenters. The van der Waals surface area contributed by atoms with Crippen molar-refractivity contribution in [2.24, 2.45) is 0 Å². The lowest BCUT2D eigenvalue weighted by Gasteiger charge is -2.30. The minimum Gasteiger partial charge on any atom is -0.369 e. The minimum absolute atomic E-state index is 0.179. The number of carbonyl (C=O) groups is 4. The van der Waals surface area contributed by atoms with Crippen LogP contribution in [0.3, 0.4) is 0 Å². The number of nitrogens with zero attached hydrogens (tertiary/aromatic N) is 1. The fraction of sp³-hybridized carbons (Fsp3) is 0.412. The van der Waals surface area contributed by atoms with Crippen LogP contribution in [0.25, 0.3) is 0 Å². The van der Waals surface area contributed by atoms with Crippen molar-refractivity contribution in [3.63, 3.8) is 0 Å². The Morgan fingerprint density at radius 3 is 2.68 bits per heavy atom. The van der Waals surface area contributed by atoms with E-state index in [1.165, 1.54) is 0 Å². The fourth-order valence-electron chi connectivity index (χ4n) is 3.03. The molecule has 2 heterocycles. The molecule has 0 spiro atoms. The molecule has 0 saturated carbocycles. The summed E-state index contributed by atoms with van der Waals surface area (Å²) in [4.78, 5) is 49.0. The molecule has 2 fully saturated rings. The molecule has 2 aliphatic rings. The fourth-order valence-corrected chi connectivity index (χ4v) is 3.03. The SMILES string of the molecule is O=Cc1ccc(N2CCNCC2)cc1C(=O)NC1CCC(=O)NC1=O. The maximum absolute atomic E-state index is 12.6. The van der Waals surface area contributed by atoms with Crippen molar-refractivity contribution < 1.29 is 19.2 Å². The lowest BCUT2D eigenvalue weighted by molar-refractivity contribution is -0.134. The van der Waals surface area contributed by atoms with Crippen molar-refractivity contribution >= 4 is 29.7 Å². The Kier molecular flexibility index (Phi) is 5.08. The molecular formula is C17H20N4O4. The Hall–Kier alpha value is -2.74. The Morgan fingerprint density at radius 1 is 1.24 bits per heavy atom. The Morgan fingerprint density at radius 2 is 2.00 bits per heavy atom. The summed E-state index contributed by atoms with van der Waals surface area (Å²) in [6, 6.07) is 4.34. The molecule has 0 aliphatic carbocycles. The van der Waals surface area contributed by atoms with E-state index in [1.54, 1.807) is 12.1 Å². The van der Waals surface area contributed by atoms with Crippen LogP contribution in [0, 0.1) is 0 Å². The van der Waals surface area contributed by atoms with E-state index in [9.17, 15) is 19.2 Å². The van der Waals surface area contributed by atoms with E-state index in [2.05, 4.69) is 20.9 Å². The van der Waals surface area contributed by atoms with Crippen LogP contribution in [0.15, 0.2) is 18.2 Å². The lowest BCUT2D eigenvalue weighted by Crippen LogP contribution is -2.52. The van der Waals surface area contributed by atoms with E-state index in [1.807, 2.05) is 6.07 Å². The molecule has 25 heavy (non-hydrogen) atoms. The smallest absolute Gasteiger partial charge is 0.252 e. The van der Waals surface area contributed by atoms with Gasteiger partial charge in [0, 0.05) is 43.9 Å². The van der Waals surface area contributed by atoms with E-state index in [0.717, 1.165) is 31.9 Å². The highest BCUT2D eigenvalue weighted by atomic mass is 16.2. The Bertz CT molecular complexity index is 713. The second-order valence-electron chi connectivity index (χ2n) is 6.10. The van der Waals surface area contributed by atoms with Gasteiger partial charge in [-0.25, -0.2) is 0 Å². The van der Waals surface area contributed by atoms with Gasteiger partial charge < -0.3 is 15.5 Å². The molecule has 1 unspecified atom stereocenters. The van der Waals surface area contributed by atoms with Gasteiger partial charge in [-0.1, -0.05) is 0 Å². The summed E-state index contributed by atoms with van der Waals surface area (Å²) in [5.74, 6) is -1.35. The first-order chi connectivity index (χ1) is 12.1. The number of amides is 3. The molecule has 0 aromatic heterocycles. The van der Waals surface area contributed by atoms with Crippen molar-refractivity contribution in [2.75, 3.05) is 31.1 Å². The maximum Gasteiger partial charge on any atom is 0.252 e. The molecule has 3 rings (SSSR count). The number of rotatable bonds is 4. The third-order valence-electron chi connectivity index (χ3n) is 4.44. The van der Waals surface area contributed by atoms with Gasteiger partial charge in [0.1, 0.15) is 6.04 Å². The quantitative estimate of drug-likeness (QED) is 0.499. The zero-order chi connectivity index (χ0) is 17.8. The normalized spacial score (nSPS) is 20.8. The molecule has 8 heteroatoms. The van der Waals surface area contributed by atoms with Crippen LogP contribution < -0.4 is 20.9 Å². The number of nitrogens with one attached hydrogen (secondary N) is 3. The van der Waals surface area contributed by atoms with Gasteiger partial charge in [0.25, 0.3) is 5.91 Å². The van der Waals surface area contributed by atoms with E-state index in [-0.39, 0.29) is 29.9 Å². The van der Waals surface area contributed by atoms with Gasteiger partial charge in [0.05, 0.1) is 5.56 Å². The van der Waals surface area contributed by atoms with E-state index < -0.39 is 17.9 Å². The van der Waals surface area contributed by atoms with Crippen LogP contribution in [0.1, 0.15) is 33.6 Å². The summed E-state index contributed by atoms with van der Waals surface area (Å²) in [5, 5.41) is 8.08. The monoisotopic (exact) mass is 344 g/mol. The summed E-state index contributed by atoms with van der Waals surface area (Å²) in [7, 11) is 0. The first kappa shape index (κ1) is 17.1. The van der Waals surface area contributed by atoms with E-state index in [0.29, 0.717) is 6.29 Å². The average molecular weight is 344 g/mol. The highest BCUT2D eigenvalue weighted by Crippen LogP contribution is 2.20. The van der Waals surface area contributed by atoms with Crippen LogP contribution >= 0.6 is 0 Å². The molecule has 0 bridgehead atoms. The van der Waals surface area contributed by atoms with Crippen LogP contribution in [0.5, 0.6) is 0 Å². The van der Waals surface area contributed by atoms with Gasteiger partial charge in [-0.2, -0.15) is 0 Å². The van der Waals surface area contributed by atoms with Crippen molar-refractivity contribution in [3.05, 3.63) is 29.3 Å². The van der Waals surface area contributed by atoms with Gasteiger partial charge in [0.2, 0.25) is 11.8 Å². The highest BCUT2D eigenvalue weighted by molar-refractivity contribution is 6.06. The number of benzene rings is 1. The van der Waals surface area contributed by atoms with Gasteiger partial charge in [-0.15, -0.1) is 0 Å². The molecule has 3 amide bonds. The van der Waals surface area contributed by atoms with Crippen molar-refractivity contribution in [3.8, 4) is 0 Å². The molecule has 2 saturated heterocycles. The third-order valence-corrected chi connectivity index (χ3v) is 4.44. The average Bonchev–Trinajstić information content (AvgIpc) is 2.64. The predicted molar refractivity (Wildman–Crippen MR) is 90.6 cm³/mol. The van der Waals surface area contributed by atoms with Gasteiger partial charge >= 0.3 is 0 Å². The van der Waals surface area contributed by atoms with E-state index >= 15 is 0 Å². The highest BCUT2D eigenvalue weighted by Gasteiger charge is 2.28. The van der Waals surface area contributed by atoms with Crippen LogP contribution in [-0.4, -0.2) is 56.2 Å². The summed E-state index contributed by atoms with van der Waals surface area (Å²) in [6.45, 7) is 3.34. The number of carbonyl (C=O) groups excluding carboxylic acids is 4. The minimum atomic E-state index is -0.771. The summed E-state index contributed by atoms with van der Waals surface area (Å²) in [6.07, 6.45) is 1.06. The second-order valence-corrected chi connectivity index (χ2v) is 6.10.